The van der Waals surface area contributed by atoms with Gasteiger partial charge in [0.1, 0.15) is 0 Å². The van der Waals surface area contributed by atoms with Crippen molar-refractivity contribution in [2.75, 3.05) is 7.05 Å². The van der Waals surface area contributed by atoms with Gasteiger partial charge in [-0.15, -0.1) is 11.5 Å². The molecule has 0 atom stereocenters. The standard InChI is InChI=1S/C6H10N2O2/c1-3-4-5-6(9)8(2)7-10/h3H,1,4-5H2,2H3. The van der Waals surface area contributed by atoms with E-state index in [2.05, 4.69) is 11.9 Å². The molecule has 0 aliphatic rings. The smallest absolute Gasteiger partial charge is 0.245 e. The maximum absolute atomic E-state index is 10.7. The lowest BCUT2D eigenvalue weighted by Gasteiger charge is -2.03. The number of nitroso groups, excluding NO2 is 1. The Morgan fingerprint density at radius 2 is 2.40 bits per heavy atom. The van der Waals surface area contributed by atoms with Crippen molar-refractivity contribution in [2.24, 2.45) is 5.29 Å². The monoisotopic (exact) mass is 142 g/mol. The van der Waals surface area contributed by atoms with Crippen LogP contribution in [0, 0.1) is 4.91 Å². The van der Waals surface area contributed by atoms with Gasteiger partial charge in [0.2, 0.25) is 5.91 Å². The van der Waals surface area contributed by atoms with Crippen molar-refractivity contribution in [1.29, 1.82) is 0 Å². The van der Waals surface area contributed by atoms with Gasteiger partial charge in [-0.05, 0) is 6.42 Å². The molecule has 0 saturated carbocycles. The average Bonchev–Trinajstić information content (AvgIpc) is 1.98. The molecule has 1 amide bonds. The van der Waals surface area contributed by atoms with Crippen LogP contribution < -0.4 is 0 Å². The van der Waals surface area contributed by atoms with Crippen LogP contribution in [0.1, 0.15) is 12.8 Å². The Bertz CT molecular complexity index is 145. The van der Waals surface area contributed by atoms with Gasteiger partial charge in [0.15, 0.2) is 0 Å². The van der Waals surface area contributed by atoms with E-state index in [4.69, 9.17) is 0 Å². The molecule has 0 aliphatic carbocycles. The van der Waals surface area contributed by atoms with Crippen LogP contribution in [-0.4, -0.2) is 18.0 Å². The second-order valence-corrected chi connectivity index (χ2v) is 1.83. The quantitative estimate of drug-likeness (QED) is 0.335. The van der Waals surface area contributed by atoms with Crippen LogP contribution in [0.4, 0.5) is 0 Å². The molecule has 4 heteroatoms. The Kier molecular flexibility index (Phi) is 4.11. The van der Waals surface area contributed by atoms with Gasteiger partial charge in [-0.3, -0.25) is 4.79 Å². The van der Waals surface area contributed by atoms with Crippen molar-refractivity contribution >= 4 is 5.91 Å². The van der Waals surface area contributed by atoms with E-state index in [-0.39, 0.29) is 5.91 Å². The highest BCUT2D eigenvalue weighted by Gasteiger charge is 2.05. The van der Waals surface area contributed by atoms with E-state index >= 15 is 0 Å². The number of nitrogens with zero attached hydrogens (tertiary/aromatic N) is 2. The maximum atomic E-state index is 10.7. The van der Waals surface area contributed by atoms with E-state index in [1.807, 2.05) is 0 Å². The molecule has 0 radical (unpaired) electrons. The lowest BCUT2D eigenvalue weighted by molar-refractivity contribution is -0.129. The highest BCUT2D eigenvalue weighted by Crippen LogP contribution is 1.95. The van der Waals surface area contributed by atoms with Gasteiger partial charge < -0.3 is 0 Å². The highest BCUT2D eigenvalue weighted by molar-refractivity contribution is 5.75. The van der Waals surface area contributed by atoms with Gasteiger partial charge in [-0.25, -0.2) is 0 Å². The molecule has 0 aromatic heterocycles. The Labute approximate surface area is 59.5 Å². The van der Waals surface area contributed by atoms with Crippen LogP contribution in [0.3, 0.4) is 0 Å². The molecular formula is C6H10N2O2. The van der Waals surface area contributed by atoms with Crippen molar-refractivity contribution in [3.63, 3.8) is 0 Å². The van der Waals surface area contributed by atoms with Crippen molar-refractivity contribution in [3.8, 4) is 0 Å². The van der Waals surface area contributed by atoms with E-state index in [0.717, 1.165) is 5.01 Å². The summed E-state index contributed by atoms with van der Waals surface area (Å²) in [7, 11) is 1.33. The average molecular weight is 142 g/mol. The van der Waals surface area contributed by atoms with Crippen LogP contribution in [0.2, 0.25) is 0 Å². The minimum absolute atomic E-state index is 0.282. The third-order valence-electron chi connectivity index (χ3n) is 1.05. The minimum Gasteiger partial charge on any atom is -0.273 e. The molecule has 0 aromatic rings. The normalized spacial score (nSPS) is 8.50. The number of carbonyl (C=O) groups excluding carboxylic acids is 1. The summed E-state index contributed by atoms with van der Waals surface area (Å²) < 4.78 is 0. The second kappa shape index (κ2) is 4.67. The van der Waals surface area contributed by atoms with Gasteiger partial charge in [-0.2, -0.15) is 5.01 Å². The molecule has 0 bridgehead atoms. The van der Waals surface area contributed by atoms with Gasteiger partial charge in [0.25, 0.3) is 0 Å². The summed E-state index contributed by atoms with van der Waals surface area (Å²) in [5.74, 6) is -0.282. The van der Waals surface area contributed by atoms with E-state index in [9.17, 15) is 9.70 Å². The zero-order chi connectivity index (χ0) is 7.98. The predicted molar refractivity (Wildman–Crippen MR) is 38.0 cm³/mol. The second-order valence-electron chi connectivity index (χ2n) is 1.83. The number of allylic oxidation sites excluding steroid dienone is 1. The fourth-order valence-corrected chi connectivity index (χ4v) is 0.433. The van der Waals surface area contributed by atoms with Crippen molar-refractivity contribution in [3.05, 3.63) is 17.6 Å². The number of rotatable bonds is 4. The van der Waals surface area contributed by atoms with Crippen molar-refractivity contribution in [1.82, 2.24) is 5.01 Å². The number of amides is 1. The van der Waals surface area contributed by atoms with Crippen molar-refractivity contribution < 1.29 is 4.79 Å². The van der Waals surface area contributed by atoms with Crippen LogP contribution in [0.5, 0.6) is 0 Å². The summed E-state index contributed by atoms with van der Waals surface area (Å²) >= 11 is 0. The van der Waals surface area contributed by atoms with E-state index in [1.54, 1.807) is 6.08 Å². The molecule has 0 N–H and O–H groups in total. The van der Waals surface area contributed by atoms with Gasteiger partial charge >= 0.3 is 0 Å². The topological polar surface area (TPSA) is 49.7 Å². The SMILES string of the molecule is C=CCCC(=O)N(C)N=O. The molecule has 0 fully saturated rings. The van der Waals surface area contributed by atoms with E-state index in [0.29, 0.717) is 12.8 Å². The molecule has 56 valence electrons. The fourth-order valence-electron chi connectivity index (χ4n) is 0.433. The molecule has 0 aromatic carbocycles. The fraction of sp³-hybridized carbons (Fsp3) is 0.500. The first-order chi connectivity index (χ1) is 4.72. The maximum Gasteiger partial charge on any atom is 0.245 e. The number of carbonyl (C=O) groups is 1. The summed E-state index contributed by atoms with van der Waals surface area (Å²) in [5, 5.41) is 3.22. The Morgan fingerprint density at radius 1 is 1.80 bits per heavy atom. The summed E-state index contributed by atoms with van der Waals surface area (Å²) in [4.78, 5) is 20.5. The first-order valence-corrected chi connectivity index (χ1v) is 2.93. The molecule has 0 unspecified atom stereocenters. The van der Waals surface area contributed by atoms with E-state index < -0.39 is 0 Å². The minimum atomic E-state index is -0.282. The zero-order valence-corrected chi connectivity index (χ0v) is 5.91. The summed E-state index contributed by atoms with van der Waals surface area (Å²) in [6.45, 7) is 3.44. The summed E-state index contributed by atoms with van der Waals surface area (Å²) in [5.41, 5.74) is 0. The van der Waals surface area contributed by atoms with Crippen molar-refractivity contribution in [2.45, 2.75) is 12.8 Å². The van der Waals surface area contributed by atoms with Gasteiger partial charge in [-0.1, -0.05) is 6.08 Å². The molecule has 0 aliphatic heterocycles. The summed E-state index contributed by atoms with van der Waals surface area (Å²) in [6.07, 6.45) is 2.50. The highest BCUT2D eigenvalue weighted by atomic mass is 16.3. The molecule has 0 spiro atoms. The largest absolute Gasteiger partial charge is 0.273 e. The molecular weight excluding hydrogens is 132 g/mol. The Balaban J connectivity index is 3.61. The third kappa shape index (κ3) is 2.96. The zero-order valence-electron chi connectivity index (χ0n) is 5.91. The first-order valence-electron chi connectivity index (χ1n) is 2.93. The van der Waals surface area contributed by atoms with Gasteiger partial charge in [0.05, 0.1) is 5.29 Å². The predicted octanol–water partition coefficient (Wildman–Crippen LogP) is 1.09. The Morgan fingerprint density at radius 3 is 2.80 bits per heavy atom. The lowest BCUT2D eigenvalue weighted by atomic mass is 10.3. The van der Waals surface area contributed by atoms with Crippen LogP contribution >= 0.6 is 0 Å². The lowest BCUT2D eigenvalue weighted by Crippen LogP contribution is -2.19. The molecule has 0 heterocycles. The van der Waals surface area contributed by atoms with Crippen LogP contribution in [0.15, 0.2) is 17.9 Å². The first kappa shape index (κ1) is 8.81. The van der Waals surface area contributed by atoms with Crippen LogP contribution in [0.25, 0.3) is 0 Å². The molecule has 0 saturated heterocycles. The van der Waals surface area contributed by atoms with Gasteiger partial charge in [0, 0.05) is 13.5 Å². The molecule has 10 heavy (non-hydrogen) atoms. The summed E-state index contributed by atoms with van der Waals surface area (Å²) in [6, 6.07) is 0. The third-order valence-corrected chi connectivity index (χ3v) is 1.05. The number of hydrogen-bond acceptors (Lipinski definition) is 3. The molecule has 4 nitrogen and oxygen atoms in total. The van der Waals surface area contributed by atoms with Crippen LogP contribution in [-0.2, 0) is 4.79 Å². The Hall–Kier alpha value is -1.19. The number of hydrogen-bond donors (Lipinski definition) is 0. The van der Waals surface area contributed by atoms with E-state index in [1.165, 1.54) is 7.05 Å². The molecule has 0 rings (SSSR count).